The number of aryl methyl sites for hydroxylation is 1. The summed E-state index contributed by atoms with van der Waals surface area (Å²) in [5, 5.41) is 21.9. The molecule has 1 spiro atoms. The second-order valence-electron chi connectivity index (χ2n) is 9.33. The minimum absolute atomic E-state index is 0. The van der Waals surface area contributed by atoms with E-state index < -0.39 is 0 Å². The van der Waals surface area contributed by atoms with Crippen molar-refractivity contribution in [2.75, 3.05) is 31.1 Å². The molecule has 2 aliphatic rings. The van der Waals surface area contributed by atoms with E-state index in [-0.39, 0.29) is 24.8 Å². The van der Waals surface area contributed by atoms with E-state index in [2.05, 4.69) is 44.7 Å². The fourth-order valence-electron chi connectivity index (χ4n) is 5.32. The third-order valence-electron chi connectivity index (χ3n) is 7.31. The third-order valence-corrected chi connectivity index (χ3v) is 7.31. The van der Waals surface area contributed by atoms with E-state index >= 15 is 0 Å². The summed E-state index contributed by atoms with van der Waals surface area (Å²) < 4.78 is 3.56. The van der Waals surface area contributed by atoms with Crippen LogP contribution in [0.15, 0.2) is 49.2 Å². The summed E-state index contributed by atoms with van der Waals surface area (Å²) in [6.07, 6.45) is 13.0. The van der Waals surface area contributed by atoms with Crippen LogP contribution in [0, 0.1) is 16.7 Å². The number of nitrogens with zero attached hydrogens (tertiary/aromatic N) is 7. The highest BCUT2D eigenvalue weighted by atomic mass is 35.5. The van der Waals surface area contributed by atoms with E-state index in [1.165, 1.54) is 19.3 Å². The van der Waals surface area contributed by atoms with Crippen LogP contribution in [0.2, 0.25) is 0 Å². The van der Waals surface area contributed by atoms with E-state index in [0.717, 1.165) is 59.8 Å². The van der Waals surface area contributed by atoms with Crippen LogP contribution < -0.4 is 10.2 Å². The Kier molecular flexibility index (Phi) is 7.04. The fourth-order valence-corrected chi connectivity index (χ4v) is 5.32. The predicted molar refractivity (Wildman–Crippen MR) is 141 cm³/mol. The molecule has 0 unspecified atom stereocenters. The van der Waals surface area contributed by atoms with Gasteiger partial charge >= 0.3 is 0 Å². The molecule has 0 aliphatic carbocycles. The van der Waals surface area contributed by atoms with Crippen molar-refractivity contribution >= 4 is 36.1 Å². The van der Waals surface area contributed by atoms with Gasteiger partial charge in [-0.2, -0.15) is 15.5 Å². The highest BCUT2D eigenvalue weighted by Gasteiger charge is 2.37. The van der Waals surface area contributed by atoms with Crippen LogP contribution in [0.4, 0.5) is 5.82 Å². The maximum absolute atomic E-state index is 9.64. The number of piperidine rings is 1. The second kappa shape index (κ2) is 9.86. The van der Waals surface area contributed by atoms with Crippen molar-refractivity contribution < 1.29 is 0 Å². The number of fused-ring (bicyclic) bond motifs is 1. The normalized spacial score (nSPS) is 16.6. The average molecular weight is 511 g/mol. The van der Waals surface area contributed by atoms with Crippen molar-refractivity contribution in [3.05, 3.63) is 54.7 Å². The standard InChI is InChI=1S/C25H26N8.2ClH/c1-31-15-21(14-29-31)19-10-22(24-20(11-26)13-30-33(24)16-19)18-2-3-23(28-12-18)32-8-5-25(6-9-32)4-7-27-17-25;;/h2-3,10,12-16,27H,4-9,17H2,1H3;2*1H. The molecule has 6 rings (SSSR count). The summed E-state index contributed by atoms with van der Waals surface area (Å²) >= 11 is 0. The van der Waals surface area contributed by atoms with E-state index in [1.54, 1.807) is 15.4 Å². The zero-order valence-electron chi connectivity index (χ0n) is 19.5. The highest BCUT2D eigenvalue weighted by molar-refractivity contribution is 5.87. The molecule has 1 N–H and O–H groups in total. The Morgan fingerprint density at radius 3 is 2.43 bits per heavy atom. The van der Waals surface area contributed by atoms with Gasteiger partial charge in [0.1, 0.15) is 11.9 Å². The molecule has 0 saturated carbocycles. The molecule has 182 valence electrons. The average Bonchev–Trinajstić information content (AvgIpc) is 3.59. The molecule has 2 fully saturated rings. The zero-order chi connectivity index (χ0) is 22.4. The molecule has 0 aromatic carbocycles. The van der Waals surface area contributed by atoms with E-state index in [0.29, 0.717) is 11.0 Å². The number of aromatic nitrogens is 5. The SMILES string of the molecule is Cl.Cl.Cn1cc(-c2cc(-c3ccc(N4CCC5(CCNC5)CC4)nc3)c3c(C#N)cnn3c2)cn1. The van der Waals surface area contributed by atoms with Crippen molar-refractivity contribution in [3.8, 4) is 28.3 Å². The van der Waals surface area contributed by atoms with Gasteiger partial charge in [-0.1, -0.05) is 0 Å². The lowest BCUT2D eigenvalue weighted by atomic mass is 9.78. The number of anilines is 1. The molecule has 4 aromatic rings. The van der Waals surface area contributed by atoms with Crippen LogP contribution in [0.3, 0.4) is 0 Å². The summed E-state index contributed by atoms with van der Waals surface area (Å²) in [7, 11) is 1.90. The topological polar surface area (TPSA) is 87.1 Å². The molecule has 2 aliphatic heterocycles. The van der Waals surface area contributed by atoms with E-state index in [9.17, 15) is 5.26 Å². The van der Waals surface area contributed by atoms with Gasteiger partial charge in [-0.25, -0.2) is 9.50 Å². The van der Waals surface area contributed by atoms with Crippen molar-refractivity contribution in [1.29, 1.82) is 5.26 Å². The van der Waals surface area contributed by atoms with Gasteiger partial charge in [0.15, 0.2) is 0 Å². The van der Waals surface area contributed by atoms with Crippen LogP contribution in [0.5, 0.6) is 0 Å². The largest absolute Gasteiger partial charge is 0.357 e. The predicted octanol–water partition coefficient (Wildman–Crippen LogP) is 4.09. The Labute approximate surface area is 216 Å². The number of nitrogens with one attached hydrogen (secondary N) is 1. The molecule has 35 heavy (non-hydrogen) atoms. The Hall–Kier alpha value is -3.12. The van der Waals surface area contributed by atoms with Crippen molar-refractivity contribution in [2.45, 2.75) is 19.3 Å². The summed E-state index contributed by atoms with van der Waals surface area (Å²) in [6, 6.07) is 8.60. The highest BCUT2D eigenvalue weighted by Crippen LogP contribution is 2.38. The Bertz CT molecular complexity index is 1350. The minimum atomic E-state index is 0. The van der Waals surface area contributed by atoms with Crippen molar-refractivity contribution in [1.82, 2.24) is 29.7 Å². The van der Waals surface area contributed by atoms with Gasteiger partial charge in [-0.15, -0.1) is 24.8 Å². The molecule has 0 amide bonds. The smallest absolute Gasteiger partial charge is 0.128 e. The first-order valence-electron chi connectivity index (χ1n) is 11.5. The summed E-state index contributed by atoms with van der Waals surface area (Å²) in [6.45, 7) is 4.41. The zero-order valence-corrected chi connectivity index (χ0v) is 21.1. The monoisotopic (exact) mass is 510 g/mol. The number of nitriles is 1. The molecule has 2 saturated heterocycles. The number of halogens is 2. The van der Waals surface area contributed by atoms with Crippen LogP contribution in [0.25, 0.3) is 27.8 Å². The van der Waals surface area contributed by atoms with Gasteiger partial charge in [0.05, 0.1) is 23.5 Å². The van der Waals surface area contributed by atoms with Gasteiger partial charge in [-0.05, 0) is 49.4 Å². The lowest BCUT2D eigenvalue weighted by molar-refractivity contribution is 0.247. The summed E-state index contributed by atoms with van der Waals surface area (Å²) in [5.74, 6) is 1.02. The maximum Gasteiger partial charge on any atom is 0.128 e. The Morgan fingerprint density at radius 1 is 0.971 bits per heavy atom. The lowest BCUT2D eigenvalue weighted by Crippen LogP contribution is -2.41. The molecule has 0 radical (unpaired) electrons. The number of rotatable bonds is 3. The number of hydrogen-bond donors (Lipinski definition) is 1. The third kappa shape index (κ3) is 4.47. The molecule has 0 bridgehead atoms. The fraction of sp³-hybridized carbons (Fsp3) is 0.360. The first kappa shape index (κ1) is 25.0. The van der Waals surface area contributed by atoms with E-state index in [4.69, 9.17) is 4.98 Å². The van der Waals surface area contributed by atoms with Gasteiger partial charge in [-0.3, -0.25) is 4.68 Å². The van der Waals surface area contributed by atoms with Crippen LogP contribution >= 0.6 is 24.8 Å². The second-order valence-corrected chi connectivity index (χ2v) is 9.33. The lowest BCUT2D eigenvalue weighted by Gasteiger charge is -2.39. The molecular weight excluding hydrogens is 483 g/mol. The molecule has 4 aromatic heterocycles. The number of pyridine rings is 2. The summed E-state index contributed by atoms with van der Waals surface area (Å²) in [5.41, 5.74) is 5.76. The Morgan fingerprint density at radius 2 is 1.80 bits per heavy atom. The van der Waals surface area contributed by atoms with Gasteiger partial charge in [0.2, 0.25) is 0 Å². The minimum Gasteiger partial charge on any atom is -0.357 e. The van der Waals surface area contributed by atoms with Crippen molar-refractivity contribution in [3.63, 3.8) is 0 Å². The molecule has 0 atom stereocenters. The maximum atomic E-state index is 9.64. The van der Waals surface area contributed by atoms with Crippen LogP contribution in [-0.4, -0.2) is 50.6 Å². The van der Waals surface area contributed by atoms with Crippen LogP contribution in [0.1, 0.15) is 24.8 Å². The first-order chi connectivity index (χ1) is 16.1. The quantitative estimate of drug-likeness (QED) is 0.446. The van der Waals surface area contributed by atoms with Crippen molar-refractivity contribution in [2.24, 2.45) is 12.5 Å². The van der Waals surface area contributed by atoms with Gasteiger partial charge < -0.3 is 10.2 Å². The molecule has 8 nitrogen and oxygen atoms in total. The molecular formula is C25H28Cl2N8. The van der Waals surface area contributed by atoms with Gasteiger partial charge in [0.25, 0.3) is 0 Å². The Balaban J connectivity index is 0.00000144. The van der Waals surface area contributed by atoms with E-state index in [1.807, 2.05) is 31.8 Å². The number of hydrogen-bond acceptors (Lipinski definition) is 6. The summed E-state index contributed by atoms with van der Waals surface area (Å²) in [4.78, 5) is 7.23. The van der Waals surface area contributed by atoms with Gasteiger partial charge in [0, 0.05) is 67.5 Å². The molecule has 10 heteroatoms. The first-order valence-corrected chi connectivity index (χ1v) is 11.5. The van der Waals surface area contributed by atoms with Crippen LogP contribution in [-0.2, 0) is 7.05 Å². The molecule has 6 heterocycles.